The highest BCUT2D eigenvalue weighted by Crippen LogP contribution is 2.38. The van der Waals surface area contributed by atoms with E-state index in [2.05, 4.69) is 9.82 Å². The maximum Gasteiger partial charge on any atom is 0.279 e. The first-order valence-electron chi connectivity index (χ1n) is 10.0. The lowest BCUT2D eigenvalue weighted by Gasteiger charge is -2.21. The van der Waals surface area contributed by atoms with Gasteiger partial charge in [-0.2, -0.15) is 17.9 Å². The van der Waals surface area contributed by atoms with Crippen molar-refractivity contribution in [2.75, 3.05) is 10.5 Å². The molecule has 0 bridgehead atoms. The van der Waals surface area contributed by atoms with Gasteiger partial charge in [-0.15, -0.1) is 0 Å². The van der Waals surface area contributed by atoms with Gasteiger partial charge in [0.2, 0.25) is 10.0 Å². The molecule has 10 heteroatoms. The largest absolute Gasteiger partial charge is 0.467 e. The monoisotopic (exact) mass is 473 g/mol. The molecule has 0 fully saturated rings. The number of hydrogen-bond acceptors (Lipinski definition) is 6. The standard InChI is InChI=1S/C22H23N3O5S2/c1-3-31(26,27)24-19-8-5-4-7-18(19)20-15-21(22-9-6-14-30-22)25(23-20)32(28,29)17-12-10-16(2)11-13-17/h4-14,21,24H,3,15H2,1-2H3. The molecule has 1 aliphatic rings. The average Bonchev–Trinajstić information content (AvgIpc) is 3.44. The minimum absolute atomic E-state index is 0.0865. The molecule has 2 heterocycles. The van der Waals surface area contributed by atoms with Crippen molar-refractivity contribution in [1.82, 2.24) is 4.41 Å². The molecule has 1 aromatic heterocycles. The Balaban J connectivity index is 1.80. The number of nitrogens with zero attached hydrogens (tertiary/aromatic N) is 2. The Morgan fingerprint density at radius 3 is 2.41 bits per heavy atom. The Bertz CT molecular complexity index is 1350. The van der Waals surface area contributed by atoms with Crippen LogP contribution in [0.4, 0.5) is 5.69 Å². The summed E-state index contributed by atoms with van der Waals surface area (Å²) in [6, 6.07) is 16.0. The van der Waals surface area contributed by atoms with Crippen LogP contribution < -0.4 is 4.72 Å². The Hall–Kier alpha value is -3.11. The first-order valence-corrected chi connectivity index (χ1v) is 13.1. The number of furan rings is 1. The van der Waals surface area contributed by atoms with Crippen LogP contribution in [0.15, 0.2) is 81.3 Å². The van der Waals surface area contributed by atoms with Gasteiger partial charge in [0.25, 0.3) is 10.0 Å². The summed E-state index contributed by atoms with van der Waals surface area (Å²) < 4.78 is 60.3. The maximum absolute atomic E-state index is 13.5. The van der Waals surface area contributed by atoms with Crippen LogP contribution in [0.25, 0.3) is 0 Å². The summed E-state index contributed by atoms with van der Waals surface area (Å²) in [5.41, 5.74) is 2.24. The highest BCUT2D eigenvalue weighted by Gasteiger charge is 2.39. The lowest BCUT2D eigenvalue weighted by atomic mass is 10.0. The second-order valence-electron chi connectivity index (χ2n) is 7.42. The number of rotatable bonds is 7. The molecule has 2 aromatic carbocycles. The van der Waals surface area contributed by atoms with Gasteiger partial charge in [0, 0.05) is 12.0 Å². The van der Waals surface area contributed by atoms with Gasteiger partial charge in [0.1, 0.15) is 11.8 Å². The van der Waals surface area contributed by atoms with E-state index in [1.54, 1.807) is 67.6 Å². The molecule has 1 aliphatic heterocycles. The third kappa shape index (κ3) is 4.28. The lowest BCUT2D eigenvalue weighted by molar-refractivity contribution is 0.320. The molecule has 1 atom stereocenters. The van der Waals surface area contributed by atoms with E-state index < -0.39 is 26.1 Å². The average molecular weight is 474 g/mol. The van der Waals surface area contributed by atoms with Crippen LogP contribution >= 0.6 is 0 Å². The molecule has 32 heavy (non-hydrogen) atoms. The van der Waals surface area contributed by atoms with Crippen molar-refractivity contribution >= 4 is 31.4 Å². The quantitative estimate of drug-likeness (QED) is 0.560. The summed E-state index contributed by atoms with van der Waals surface area (Å²) in [6.45, 7) is 3.42. The number of anilines is 1. The highest BCUT2D eigenvalue weighted by atomic mass is 32.2. The molecule has 8 nitrogen and oxygen atoms in total. The van der Waals surface area contributed by atoms with Gasteiger partial charge in [-0.05, 0) is 44.2 Å². The number of sulfonamides is 2. The van der Waals surface area contributed by atoms with Crippen LogP contribution in [0.1, 0.15) is 36.3 Å². The maximum atomic E-state index is 13.5. The van der Waals surface area contributed by atoms with Crippen molar-refractivity contribution in [3.63, 3.8) is 0 Å². The van der Waals surface area contributed by atoms with E-state index in [-0.39, 0.29) is 17.1 Å². The van der Waals surface area contributed by atoms with Gasteiger partial charge >= 0.3 is 0 Å². The second-order valence-corrected chi connectivity index (χ2v) is 11.2. The first kappa shape index (κ1) is 22.1. The minimum atomic E-state index is -3.98. The minimum Gasteiger partial charge on any atom is -0.467 e. The molecule has 3 aromatic rings. The van der Waals surface area contributed by atoms with E-state index in [4.69, 9.17) is 4.42 Å². The fourth-order valence-corrected chi connectivity index (χ4v) is 5.52. The Morgan fingerprint density at radius 2 is 1.75 bits per heavy atom. The molecule has 0 amide bonds. The fourth-order valence-electron chi connectivity index (χ4n) is 3.45. The van der Waals surface area contributed by atoms with E-state index >= 15 is 0 Å². The summed E-state index contributed by atoms with van der Waals surface area (Å²) in [5.74, 6) is 0.364. The molecule has 1 N–H and O–H groups in total. The van der Waals surface area contributed by atoms with E-state index in [1.807, 2.05) is 6.92 Å². The van der Waals surface area contributed by atoms with Gasteiger partial charge in [-0.3, -0.25) is 4.72 Å². The number of nitrogens with one attached hydrogen (secondary N) is 1. The molecule has 0 spiro atoms. The SMILES string of the molecule is CCS(=O)(=O)Nc1ccccc1C1=NN(S(=O)(=O)c2ccc(C)cc2)C(c2ccco2)C1. The zero-order chi connectivity index (χ0) is 22.9. The molecule has 168 valence electrons. The predicted molar refractivity (Wildman–Crippen MR) is 122 cm³/mol. The first-order chi connectivity index (χ1) is 15.2. The van der Waals surface area contributed by atoms with Crippen molar-refractivity contribution < 1.29 is 21.3 Å². The molecule has 4 rings (SSSR count). The van der Waals surface area contributed by atoms with Crippen LogP contribution in [0.5, 0.6) is 0 Å². The van der Waals surface area contributed by atoms with Crippen LogP contribution in [0.3, 0.4) is 0 Å². The topological polar surface area (TPSA) is 109 Å². The van der Waals surface area contributed by atoms with Crippen molar-refractivity contribution in [3.05, 3.63) is 83.8 Å². The molecule has 0 radical (unpaired) electrons. The van der Waals surface area contributed by atoms with Crippen molar-refractivity contribution in [1.29, 1.82) is 0 Å². The highest BCUT2D eigenvalue weighted by molar-refractivity contribution is 7.92. The van der Waals surface area contributed by atoms with E-state index in [0.717, 1.165) is 9.98 Å². The van der Waals surface area contributed by atoms with Crippen LogP contribution in [-0.2, 0) is 20.0 Å². The fraction of sp³-hybridized carbons (Fsp3) is 0.227. The third-order valence-corrected chi connectivity index (χ3v) is 8.18. The van der Waals surface area contributed by atoms with E-state index in [9.17, 15) is 16.8 Å². The van der Waals surface area contributed by atoms with Crippen LogP contribution in [-0.4, -0.2) is 32.7 Å². The zero-order valence-corrected chi connectivity index (χ0v) is 19.2. The molecule has 0 aliphatic carbocycles. The Labute approximate surface area is 187 Å². The van der Waals surface area contributed by atoms with E-state index in [1.165, 1.54) is 6.26 Å². The van der Waals surface area contributed by atoms with Gasteiger partial charge in [-0.25, -0.2) is 8.42 Å². The summed E-state index contributed by atoms with van der Waals surface area (Å²) in [4.78, 5) is 0.115. The number of para-hydroxylation sites is 1. The predicted octanol–water partition coefficient (Wildman–Crippen LogP) is 3.89. The van der Waals surface area contributed by atoms with Crippen molar-refractivity contribution in [3.8, 4) is 0 Å². The van der Waals surface area contributed by atoms with Crippen molar-refractivity contribution in [2.45, 2.75) is 31.2 Å². The summed E-state index contributed by atoms with van der Waals surface area (Å²) in [7, 11) is -7.50. The normalized spacial score (nSPS) is 16.8. The van der Waals surface area contributed by atoms with Crippen LogP contribution in [0, 0.1) is 6.92 Å². The number of hydrogen-bond donors (Lipinski definition) is 1. The summed E-state index contributed by atoms with van der Waals surface area (Å²) >= 11 is 0. The van der Waals surface area contributed by atoms with Gasteiger partial charge in [0.05, 0.1) is 28.3 Å². The number of aryl methyl sites for hydroxylation is 1. The van der Waals surface area contributed by atoms with E-state index in [0.29, 0.717) is 22.7 Å². The summed E-state index contributed by atoms with van der Waals surface area (Å²) in [6.07, 6.45) is 1.71. The van der Waals surface area contributed by atoms with Gasteiger partial charge in [0.15, 0.2) is 0 Å². The third-order valence-electron chi connectivity index (χ3n) is 5.19. The smallest absolute Gasteiger partial charge is 0.279 e. The Kier molecular flexibility index (Phi) is 5.83. The lowest BCUT2D eigenvalue weighted by Crippen LogP contribution is -2.27. The molecular weight excluding hydrogens is 450 g/mol. The van der Waals surface area contributed by atoms with Crippen molar-refractivity contribution in [2.24, 2.45) is 5.10 Å². The Morgan fingerprint density at radius 1 is 1.03 bits per heavy atom. The molecule has 1 unspecified atom stereocenters. The molecule has 0 saturated carbocycles. The number of benzene rings is 2. The summed E-state index contributed by atoms with van der Waals surface area (Å²) in [5, 5.41) is 4.45. The molecule has 0 saturated heterocycles. The van der Waals surface area contributed by atoms with Gasteiger partial charge in [-0.1, -0.05) is 35.9 Å². The number of hydrazone groups is 1. The van der Waals surface area contributed by atoms with Crippen LogP contribution in [0.2, 0.25) is 0 Å². The van der Waals surface area contributed by atoms with Gasteiger partial charge < -0.3 is 4.42 Å². The zero-order valence-electron chi connectivity index (χ0n) is 17.6. The second kappa shape index (κ2) is 8.44. The molecular formula is C22H23N3O5S2.